The molecule has 1 saturated heterocycles. The molecule has 5 nitrogen and oxygen atoms in total. The largest absolute Gasteiger partial charge is 0.535 e. The molecule has 4 rings (SSSR count). The number of rotatable bonds is 4. The van der Waals surface area contributed by atoms with Gasteiger partial charge >= 0.3 is 13.1 Å². The monoisotopic (exact) mass is 334 g/mol. The normalized spacial score (nSPS) is 29.5. The van der Waals surface area contributed by atoms with Crippen LogP contribution in [0.2, 0.25) is 5.82 Å². The average molecular weight is 334 g/mol. The topological polar surface area (TPSA) is 76.0 Å². The fraction of sp³-hybridized carbons (Fsp3) is 0.562. The van der Waals surface area contributed by atoms with Crippen LogP contribution in [0, 0.1) is 5.92 Å². The van der Waals surface area contributed by atoms with Crippen molar-refractivity contribution in [2.24, 2.45) is 5.92 Å². The van der Waals surface area contributed by atoms with Gasteiger partial charge in [0.1, 0.15) is 11.3 Å². The Morgan fingerprint density at radius 1 is 1.48 bits per heavy atom. The fourth-order valence-corrected chi connectivity index (χ4v) is 4.87. The van der Waals surface area contributed by atoms with Crippen LogP contribution < -0.4 is 4.65 Å². The minimum atomic E-state index is -0.995. The Morgan fingerprint density at radius 3 is 3.00 bits per heavy atom. The molecule has 2 fully saturated rings. The van der Waals surface area contributed by atoms with Crippen LogP contribution in [0.1, 0.15) is 41.6 Å². The highest BCUT2D eigenvalue weighted by Gasteiger charge is 2.54. The van der Waals surface area contributed by atoms with Gasteiger partial charge in [-0.1, -0.05) is 13.0 Å². The van der Waals surface area contributed by atoms with Crippen molar-refractivity contribution in [3.05, 3.63) is 23.3 Å². The van der Waals surface area contributed by atoms with E-state index in [2.05, 4.69) is 6.92 Å². The number of hydrogen-bond donors (Lipinski definition) is 2. The van der Waals surface area contributed by atoms with E-state index in [1.807, 2.05) is 12.1 Å². The van der Waals surface area contributed by atoms with Crippen molar-refractivity contribution in [1.82, 2.24) is 0 Å². The summed E-state index contributed by atoms with van der Waals surface area (Å²) in [5.74, 6) is 0.176. The van der Waals surface area contributed by atoms with Gasteiger partial charge in [-0.2, -0.15) is 0 Å². The van der Waals surface area contributed by atoms with Crippen LogP contribution >= 0.6 is 11.8 Å². The molecule has 2 N–H and O–H groups in total. The first-order valence-corrected chi connectivity index (χ1v) is 8.93. The molecular weight excluding hydrogens is 315 g/mol. The van der Waals surface area contributed by atoms with Crippen molar-refractivity contribution in [3.8, 4) is 5.75 Å². The number of aromatic carboxylic acids is 1. The molecule has 122 valence electrons. The minimum Gasteiger partial charge on any atom is -0.535 e. The second-order valence-electron chi connectivity index (χ2n) is 6.62. The molecule has 7 heteroatoms. The van der Waals surface area contributed by atoms with E-state index < -0.39 is 13.1 Å². The van der Waals surface area contributed by atoms with Crippen molar-refractivity contribution < 1.29 is 24.3 Å². The van der Waals surface area contributed by atoms with Crippen molar-refractivity contribution in [2.45, 2.75) is 41.6 Å². The predicted octanol–water partition coefficient (Wildman–Crippen LogP) is 2.63. The van der Waals surface area contributed by atoms with Crippen LogP contribution in [0.15, 0.2) is 17.0 Å². The number of thioether (sulfide) groups is 1. The van der Waals surface area contributed by atoms with Crippen molar-refractivity contribution >= 4 is 24.8 Å². The van der Waals surface area contributed by atoms with Crippen LogP contribution in [0.3, 0.4) is 0 Å². The molecule has 1 saturated carbocycles. The van der Waals surface area contributed by atoms with E-state index in [-0.39, 0.29) is 22.5 Å². The summed E-state index contributed by atoms with van der Waals surface area (Å²) < 4.78 is 11.0. The highest BCUT2D eigenvalue weighted by atomic mass is 32.2. The quantitative estimate of drug-likeness (QED) is 0.651. The summed E-state index contributed by atoms with van der Waals surface area (Å²) in [4.78, 5) is 12.5. The van der Waals surface area contributed by atoms with Crippen LogP contribution in [0.25, 0.3) is 0 Å². The Hall–Kier alpha value is -1.18. The molecule has 4 atom stereocenters. The SMILES string of the molecule is C[C@H](Sc1ccc2c(c1C(=O)O)OB(O)[C@H]1C[C@@H]21)[C@H]1CCOC1. The maximum atomic E-state index is 11.8. The van der Waals surface area contributed by atoms with Gasteiger partial charge in [-0.3, -0.25) is 0 Å². The molecule has 0 unspecified atom stereocenters. The summed E-state index contributed by atoms with van der Waals surface area (Å²) >= 11 is 1.56. The first-order chi connectivity index (χ1) is 11.1. The molecule has 2 aliphatic heterocycles. The Balaban J connectivity index is 1.67. The van der Waals surface area contributed by atoms with Gasteiger partial charge in [-0.15, -0.1) is 11.8 Å². The number of carbonyl (C=O) groups is 1. The van der Waals surface area contributed by atoms with Crippen molar-refractivity contribution in [1.29, 1.82) is 0 Å². The Morgan fingerprint density at radius 2 is 2.30 bits per heavy atom. The van der Waals surface area contributed by atoms with Crippen molar-refractivity contribution in [3.63, 3.8) is 0 Å². The number of carboxylic acid groups (broad SMARTS) is 1. The number of carboxylic acids is 1. The lowest BCUT2D eigenvalue weighted by molar-refractivity contribution is 0.0690. The zero-order valence-electron chi connectivity index (χ0n) is 12.9. The summed E-state index contributed by atoms with van der Waals surface area (Å²) in [6, 6.07) is 3.87. The Bertz CT molecular complexity index is 646. The van der Waals surface area contributed by atoms with Gasteiger partial charge in [0.15, 0.2) is 0 Å². The minimum absolute atomic E-state index is 0.122. The highest BCUT2D eigenvalue weighted by Crippen LogP contribution is 2.60. The lowest BCUT2D eigenvalue weighted by Gasteiger charge is -2.24. The number of benzene rings is 1. The number of hydrogen-bond acceptors (Lipinski definition) is 5. The van der Waals surface area contributed by atoms with E-state index in [9.17, 15) is 14.9 Å². The van der Waals surface area contributed by atoms with E-state index in [0.717, 1.165) is 31.6 Å². The molecule has 0 radical (unpaired) electrons. The molecule has 1 aromatic carbocycles. The van der Waals surface area contributed by atoms with Crippen LogP contribution in [-0.4, -0.2) is 41.7 Å². The molecule has 1 aromatic rings. The Kier molecular flexibility index (Phi) is 3.82. The molecule has 3 aliphatic rings. The molecule has 0 spiro atoms. The maximum Gasteiger partial charge on any atom is 0.526 e. The molecule has 2 heterocycles. The summed E-state index contributed by atoms with van der Waals surface area (Å²) in [6.07, 6.45) is 1.88. The molecule has 1 aliphatic carbocycles. The Labute approximate surface area is 139 Å². The summed E-state index contributed by atoms with van der Waals surface area (Å²) in [5, 5.41) is 19.9. The van der Waals surface area contributed by atoms with E-state index in [1.54, 1.807) is 11.8 Å². The van der Waals surface area contributed by atoms with Gasteiger partial charge in [0.05, 0.1) is 6.61 Å². The lowest BCUT2D eigenvalue weighted by atomic mass is 9.77. The third kappa shape index (κ3) is 2.64. The van der Waals surface area contributed by atoms with E-state index in [4.69, 9.17) is 9.39 Å². The lowest BCUT2D eigenvalue weighted by Crippen LogP contribution is -2.27. The average Bonchev–Trinajstić information content (AvgIpc) is 3.13. The third-order valence-corrected chi connectivity index (χ3v) is 6.50. The molecular formula is C16H19BO5S. The van der Waals surface area contributed by atoms with Crippen molar-refractivity contribution in [2.75, 3.05) is 13.2 Å². The van der Waals surface area contributed by atoms with Gasteiger partial charge in [0.2, 0.25) is 0 Å². The van der Waals surface area contributed by atoms with Crippen LogP contribution in [0.5, 0.6) is 5.75 Å². The fourth-order valence-electron chi connectivity index (χ4n) is 3.62. The smallest absolute Gasteiger partial charge is 0.526 e. The molecule has 23 heavy (non-hydrogen) atoms. The van der Waals surface area contributed by atoms with Gasteiger partial charge in [-0.05, 0) is 36.3 Å². The highest BCUT2D eigenvalue weighted by molar-refractivity contribution is 8.00. The number of ether oxygens (including phenoxy) is 1. The van der Waals surface area contributed by atoms with E-state index in [0.29, 0.717) is 16.6 Å². The van der Waals surface area contributed by atoms with Gasteiger partial charge in [0, 0.05) is 22.6 Å². The van der Waals surface area contributed by atoms with Gasteiger partial charge in [0.25, 0.3) is 0 Å². The predicted molar refractivity (Wildman–Crippen MR) is 87.4 cm³/mol. The van der Waals surface area contributed by atoms with E-state index in [1.165, 1.54) is 0 Å². The van der Waals surface area contributed by atoms with Gasteiger partial charge < -0.3 is 19.5 Å². The first-order valence-electron chi connectivity index (χ1n) is 8.05. The van der Waals surface area contributed by atoms with E-state index >= 15 is 0 Å². The third-order valence-electron chi connectivity index (χ3n) is 5.15. The standard InChI is InChI=1S/C16H19BO5S/c1-8(9-4-5-21-7-9)23-13-3-2-10-11-6-12(11)17(20)22-15(10)14(13)16(18)19/h2-3,8-9,11-12,20H,4-7H2,1H3,(H,18,19)/t8-,9-,11-,12-/m0/s1. The molecule has 0 amide bonds. The zero-order valence-corrected chi connectivity index (χ0v) is 13.7. The summed E-state index contributed by atoms with van der Waals surface area (Å²) in [6.45, 7) is 3.63. The summed E-state index contributed by atoms with van der Waals surface area (Å²) in [7, 11) is -0.883. The first kappa shape index (κ1) is 15.4. The molecule has 0 bridgehead atoms. The second-order valence-corrected chi connectivity index (χ2v) is 8.04. The van der Waals surface area contributed by atoms with Crippen LogP contribution in [0.4, 0.5) is 0 Å². The molecule has 0 aromatic heterocycles. The number of fused-ring (bicyclic) bond motifs is 3. The second kappa shape index (κ2) is 5.72. The van der Waals surface area contributed by atoms with Gasteiger partial charge in [-0.25, -0.2) is 4.79 Å². The summed E-state index contributed by atoms with van der Waals surface area (Å²) in [5.41, 5.74) is 1.13. The van der Waals surface area contributed by atoms with Crippen LogP contribution in [-0.2, 0) is 4.74 Å². The maximum absolute atomic E-state index is 11.8. The zero-order chi connectivity index (χ0) is 16.1.